The monoisotopic (exact) mass is 388 g/mol. The number of nitrogens with zero attached hydrogens (tertiary/aromatic N) is 1. The van der Waals surface area contributed by atoms with E-state index in [1.807, 2.05) is 35.8 Å². The van der Waals surface area contributed by atoms with Crippen LogP contribution in [0.1, 0.15) is 32.0 Å². The molecule has 0 saturated carbocycles. The lowest BCUT2D eigenvalue weighted by Crippen LogP contribution is -2.18. The highest BCUT2D eigenvalue weighted by molar-refractivity contribution is 6.06. The first-order valence-corrected chi connectivity index (χ1v) is 9.18. The summed E-state index contributed by atoms with van der Waals surface area (Å²) in [5, 5.41) is 2.88. The highest BCUT2D eigenvalue weighted by atomic mass is 16.5. The van der Waals surface area contributed by atoms with Crippen molar-refractivity contribution in [2.24, 2.45) is 0 Å². The van der Waals surface area contributed by atoms with Crippen molar-refractivity contribution in [3.05, 3.63) is 89.3 Å². The Labute approximate surface area is 167 Å². The van der Waals surface area contributed by atoms with Gasteiger partial charge in [-0.25, -0.2) is 4.79 Å². The maximum atomic E-state index is 13.0. The van der Waals surface area contributed by atoms with Crippen LogP contribution >= 0.6 is 0 Å². The molecular weight excluding hydrogens is 368 g/mol. The number of benzene rings is 2. The van der Waals surface area contributed by atoms with Crippen molar-refractivity contribution < 1.29 is 18.7 Å². The van der Waals surface area contributed by atoms with E-state index in [4.69, 9.17) is 9.15 Å². The number of hydrogen-bond acceptors (Lipinski definition) is 4. The van der Waals surface area contributed by atoms with Crippen LogP contribution < -0.4 is 5.32 Å². The van der Waals surface area contributed by atoms with E-state index in [0.29, 0.717) is 29.1 Å². The maximum absolute atomic E-state index is 13.0. The van der Waals surface area contributed by atoms with Crippen LogP contribution in [0.5, 0.6) is 0 Å². The summed E-state index contributed by atoms with van der Waals surface area (Å²) in [7, 11) is 1.33. The number of aryl methyl sites for hydroxylation is 1. The van der Waals surface area contributed by atoms with Gasteiger partial charge in [0.05, 0.1) is 24.5 Å². The number of fused-ring (bicyclic) bond motifs is 1. The fourth-order valence-corrected chi connectivity index (χ4v) is 3.30. The summed E-state index contributed by atoms with van der Waals surface area (Å²) in [4.78, 5) is 24.5. The minimum absolute atomic E-state index is 0.254. The molecule has 146 valence electrons. The number of methoxy groups -OCH3 is 1. The number of ether oxygens (including phenoxy) is 1. The molecule has 0 saturated heterocycles. The first-order valence-electron chi connectivity index (χ1n) is 9.18. The Morgan fingerprint density at radius 1 is 1.07 bits per heavy atom. The average molecular weight is 388 g/mol. The molecule has 0 fully saturated rings. The van der Waals surface area contributed by atoms with E-state index in [9.17, 15) is 9.59 Å². The van der Waals surface area contributed by atoms with Crippen molar-refractivity contribution in [3.8, 4) is 0 Å². The lowest BCUT2D eigenvalue weighted by molar-refractivity contribution is 0.0600. The van der Waals surface area contributed by atoms with Gasteiger partial charge in [-0.1, -0.05) is 24.3 Å². The van der Waals surface area contributed by atoms with Gasteiger partial charge in [-0.15, -0.1) is 0 Å². The number of furan rings is 1. The Bertz CT molecular complexity index is 1190. The van der Waals surface area contributed by atoms with E-state index in [0.717, 1.165) is 16.6 Å². The van der Waals surface area contributed by atoms with Crippen molar-refractivity contribution in [2.75, 3.05) is 12.4 Å². The molecule has 0 aliphatic carbocycles. The van der Waals surface area contributed by atoms with E-state index in [1.54, 1.807) is 36.6 Å². The molecule has 0 unspecified atom stereocenters. The van der Waals surface area contributed by atoms with Crippen LogP contribution in [0.3, 0.4) is 0 Å². The van der Waals surface area contributed by atoms with Crippen molar-refractivity contribution in [2.45, 2.75) is 13.5 Å². The number of amides is 1. The van der Waals surface area contributed by atoms with E-state index in [1.165, 1.54) is 7.11 Å². The molecule has 0 aliphatic heterocycles. The van der Waals surface area contributed by atoms with Crippen molar-refractivity contribution >= 4 is 28.7 Å². The van der Waals surface area contributed by atoms with E-state index < -0.39 is 5.97 Å². The van der Waals surface area contributed by atoms with Gasteiger partial charge >= 0.3 is 5.97 Å². The van der Waals surface area contributed by atoms with Gasteiger partial charge in [0.1, 0.15) is 5.69 Å². The topological polar surface area (TPSA) is 73.5 Å². The summed E-state index contributed by atoms with van der Waals surface area (Å²) in [5.74, 6) is -0.675. The normalized spacial score (nSPS) is 10.8. The van der Waals surface area contributed by atoms with Crippen molar-refractivity contribution in [1.29, 1.82) is 0 Å². The zero-order chi connectivity index (χ0) is 20.4. The molecule has 2 heterocycles. The molecule has 0 atom stereocenters. The molecule has 0 aliphatic rings. The fraction of sp³-hybridized carbons (Fsp3) is 0.130. The molecule has 2 aromatic heterocycles. The van der Waals surface area contributed by atoms with Crippen molar-refractivity contribution in [3.63, 3.8) is 0 Å². The Morgan fingerprint density at radius 3 is 2.55 bits per heavy atom. The number of anilines is 1. The van der Waals surface area contributed by atoms with Gasteiger partial charge in [0.15, 0.2) is 5.58 Å². The molecule has 6 heteroatoms. The number of aromatic nitrogens is 1. The highest BCUT2D eigenvalue weighted by Gasteiger charge is 2.18. The molecule has 4 rings (SSSR count). The summed E-state index contributed by atoms with van der Waals surface area (Å²) in [5.41, 5.74) is 5.31. The molecule has 2 aromatic carbocycles. The van der Waals surface area contributed by atoms with Crippen LogP contribution in [0.15, 0.2) is 71.3 Å². The standard InChI is InChI=1S/C23H20N2O4/c1-15-5-3-4-6-17(15)14-25-19-11-12-29-21(19)13-20(25)22(26)24-18-9-7-16(8-10-18)23(27)28-2/h3-13H,14H2,1-2H3,(H,24,26). The van der Waals surface area contributed by atoms with E-state index >= 15 is 0 Å². The lowest BCUT2D eigenvalue weighted by Gasteiger charge is -2.12. The largest absolute Gasteiger partial charge is 0.465 e. The molecule has 0 radical (unpaired) electrons. The van der Waals surface area contributed by atoms with Crippen LogP contribution in [0, 0.1) is 6.92 Å². The third kappa shape index (κ3) is 3.65. The van der Waals surface area contributed by atoms with Gasteiger partial charge in [0.2, 0.25) is 0 Å². The maximum Gasteiger partial charge on any atom is 0.337 e. The van der Waals surface area contributed by atoms with Crippen LogP contribution in [-0.2, 0) is 11.3 Å². The number of carbonyl (C=O) groups excluding carboxylic acids is 2. The number of nitrogens with one attached hydrogen (secondary N) is 1. The SMILES string of the molecule is COC(=O)c1ccc(NC(=O)c2cc3occc3n2Cc2ccccc2C)cc1. The molecule has 4 aromatic rings. The molecule has 0 spiro atoms. The summed E-state index contributed by atoms with van der Waals surface area (Å²) in [6.45, 7) is 2.60. The Balaban J connectivity index is 1.63. The molecule has 1 N–H and O–H groups in total. The second-order valence-corrected chi connectivity index (χ2v) is 6.74. The zero-order valence-corrected chi connectivity index (χ0v) is 16.1. The first-order chi connectivity index (χ1) is 14.1. The van der Waals surface area contributed by atoms with E-state index in [-0.39, 0.29) is 5.91 Å². The quantitative estimate of drug-likeness (QED) is 0.506. The predicted molar refractivity (Wildman–Crippen MR) is 110 cm³/mol. The van der Waals surface area contributed by atoms with Gasteiger partial charge < -0.3 is 19.0 Å². The highest BCUT2D eigenvalue weighted by Crippen LogP contribution is 2.24. The molecule has 29 heavy (non-hydrogen) atoms. The first kappa shape index (κ1) is 18.6. The van der Waals surface area contributed by atoms with Crippen LogP contribution in [-0.4, -0.2) is 23.6 Å². The molecule has 6 nitrogen and oxygen atoms in total. The third-order valence-corrected chi connectivity index (χ3v) is 4.91. The van der Waals surface area contributed by atoms with Gasteiger partial charge in [0, 0.05) is 24.4 Å². The van der Waals surface area contributed by atoms with Crippen molar-refractivity contribution in [1.82, 2.24) is 4.57 Å². The zero-order valence-electron chi connectivity index (χ0n) is 16.1. The summed E-state index contributed by atoms with van der Waals surface area (Å²) in [6.07, 6.45) is 1.62. The summed E-state index contributed by atoms with van der Waals surface area (Å²) >= 11 is 0. The molecule has 0 bridgehead atoms. The third-order valence-electron chi connectivity index (χ3n) is 4.91. The van der Waals surface area contributed by atoms with Crippen LogP contribution in [0.4, 0.5) is 5.69 Å². The smallest absolute Gasteiger partial charge is 0.337 e. The number of rotatable bonds is 5. The Kier molecular flexibility index (Phi) is 4.91. The minimum Gasteiger partial charge on any atom is -0.465 e. The number of esters is 1. The Morgan fingerprint density at radius 2 is 1.83 bits per heavy atom. The predicted octanol–water partition coefficient (Wildman–Crippen LogP) is 4.63. The summed E-state index contributed by atoms with van der Waals surface area (Å²) in [6, 6.07) is 18.2. The number of carbonyl (C=O) groups is 2. The van der Waals surface area contributed by atoms with E-state index in [2.05, 4.69) is 11.4 Å². The lowest BCUT2D eigenvalue weighted by atomic mass is 10.1. The minimum atomic E-state index is -0.421. The summed E-state index contributed by atoms with van der Waals surface area (Å²) < 4.78 is 12.1. The van der Waals surface area contributed by atoms with Crippen LogP contribution in [0.2, 0.25) is 0 Å². The fourth-order valence-electron chi connectivity index (χ4n) is 3.30. The second kappa shape index (κ2) is 7.67. The van der Waals surface area contributed by atoms with Gasteiger partial charge in [-0.05, 0) is 42.3 Å². The average Bonchev–Trinajstić information content (AvgIpc) is 3.32. The van der Waals surface area contributed by atoms with Gasteiger partial charge in [-0.2, -0.15) is 0 Å². The molecular formula is C23H20N2O4. The number of hydrogen-bond donors (Lipinski definition) is 1. The Hall–Kier alpha value is -3.80. The molecule has 1 amide bonds. The van der Waals surface area contributed by atoms with Gasteiger partial charge in [0.25, 0.3) is 5.91 Å². The van der Waals surface area contributed by atoms with Gasteiger partial charge in [-0.3, -0.25) is 4.79 Å². The second-order valence-electron chi connectivity index (χ2n) is 6.74. The van der Waals surface area contributed by atoms with Crippen LogP contribution in [0.25, 0.3) is 11.1 Å².